The Kier molecular flexibility index (Phi) is 5.13. The Labute approximate surface area is 97.8 Å². The van der Waals surface area contributed by atoms with Gasteiger partial charge in [0.1, 0.15) is 0 Å². The Hall–Kier alpha value is -0.530. The van der Waals surface area contributed by atoms with Crippen LogP contribution in [0.3, 0.4) is 0 Å². The van der Waals surface area contributed by atoms with Crippen LogP contribution in [0.5, 0.6) is 0 Å². The standard InChI is InChI=1S/C13H20ClN/c1-4-8-15-13(5-2)12-7-6-11(14)9-10(12)3/h6-7,9,13,15H,4-5,8H2,1-3H3. The summed E-state index contributed by atoms with van der Waals surface area (Å²) in [5.74, 6) is 0. The molecule has 1 aromatic rings. The highest BCUT2D eigenvalue weighted by molar-refractivity contribution is 6.30. The molecule has 0 heterocycles. The van der Waals surface area contributed by atoms with Gasteiger partial charge in [0.2, 0.25) is 0 Å². The van der Waals surface area contributed by atoms with Crippen molar-refractivity contribution in [3.05, 3.63) is 34.3 Å². The van der Waals surface area contributed by atoms with Gasteiger partial charge in [-0.25, -0.2) is 0 Å². The van der Waals surface area contributed by atoms with E-state index in [0.29, 0.717) is 6.04 Å². The van der Waals surface area contributed by atoms with Crippen LogP contribution >= 0.6 is 11.6 Å². The summed E-state index contributed by atoms with van der Waals surface area (Å²) in [5.41, 5.74) is 2.65. The first-order valence-electron chi connectivity index (χ1n) is 5.68. The van der Waals surface area contributed by atoms with Gasteiger partial charge in [-0.05, 0) is 49.6 Å². The minimum absolute atomic E-state index is 0.460. The molecule has 0 amide bonds. The molecular formula is C13H20ClN. The van der Waals surface area contributed by atoms with Gasteiger partial charge in [0.05, 0.1) is 0 Å². The molecular weight excluding hydrogens is 206 g/mol. The summed E-state index contributed by atoms with van der Waals surface area (Å²) < 4.78 is 0. The number of hydrogen-bond acceptors (Lipinski definition) is 1. The van der Waals surface area contributed by atoms with Crippen molar-refractivity contribution in [2.24, 2.45) is 0 Å². The van der Waals surface area contributed by atoms with Crippen LogP contribution in [0.25, 0.3) is 0 Å². The minimum atomic E-state index is 0.460. The molecule has 0 bridgehead atoms. The molecule has 0 saturated heterocycles. The molecule has 1 aromatic carbocycles. The molecule has 0 fully saturated rings. The molecule has 0 saturated carbocycles. The van der Waals surface area contributed by atoms with Crippen molar-refractivity contribution in [2.75, 3.05) is 6.54 Å². The Bertz CT molecular complexity index is 309. The first-order chi connectivity index (χ1) is 7.19. The normalized spacial score (nSPS) is 12.8. The molecule has 1 atom stereocenters. The average molecular weight is 226 g/mol. The minimum Gasteiger partial charge on any atom is -0.310 e. The summed E-state index contributed by atoms with van der Waals surface area (Å²) in [7, 11) is 0. The number of benzene rings is 1. The molecule has 0 aromatic heterocycles. The summed E-state index contributed by atoms with van der Waals surface area (Å²) in [6.07, 6.45) is 2.28. The summed E-state index contributed by atoms with van der Waals surface area (Å²) in [4.78, 5) is 0. The summed E-state index contributed by atoms with van der Waals surface area (Å²) >= 11 is 5.95. The van der Waals surface area contributed by atoms with Crippen LogP contribution in [0.15, 0.2) is 18.2 Å². The quantitative estimate of drug-likeness (QED) is 0.796. The van der Waals surface area contributed by atoms with Gasteiger partial charge in [0, 0.05) is 11.1 Å². The summed E-state index contributed by atoms with van der Waals surface area (Å²) in [6.45, 7) is 7.59. The monoisotopic (exact) mass is 225 g/mol. The van der Waals surface area contributed by atoms with Crippen molar-refractivity contribution in [2.45, 2.75) is 39.7 Å². The molecule has 1 N–H and O–H groups in total. The molecule has 15 heavy (non-hydrogen) atoms. The van der Waals surface area contributed by atoms with E-state index in [1.54, 1.807) is 0 Å². The third-order valence-corrected chi connectivity index (χ3v) is 2.89. The van der Waals surface area contributed by atoms with Crippen molar-refractivity contribution in [3.63, 3.8) is 0 Å². The van der Waals surface area contributed by atoms with Gasteiger partial charge in [0.15, 0.2) is 0 Å². The van der Waals surface area contributed by atoms with Crippen molar-refractivity contribution in [1.82, 2.24) is 5.32 Å². The van der Waals surface area contributed by atoms with Crippen molar-refractivity contribution >= 4 is 11.6 Å². The van der Waals surface area contributed by atoms with Crippen molar-refractivity contribution in [1.29, 1.82) is 0 Å². The fourth-order valence-corrected chi connectivity index (χ4v) is 2.05. The second kappa shape index (κ2) is 6.14. The zero-order chi connectivity index (χ0) is 11.3. The first-order valence-corrected chi connectivity index (χ1v) is 6.06. The van der Waals surface area contributed by atoms with E-state index < -0.39 is 0 Å². The van der Waals surface area contributed by atoms with E-state index in [1.807, 2.05) is 12.1 Å². The Morgan fingerprint density at radius 3 is 2.60 bits per heavy atom. The predicted octanol–water partition coefficient (Wildman–Crippen LogP) is 4.10. The van der Waals surface area contributed by atoms with Gasteiger partial charge < -0.3 is 5.32 Å². The van der Waals surface area contributed by atoms with E-state index in [1.165, 1.54) is 17.5 Å². The largest absolute Gasteiger partial charge is 0.310 e. The molecule has 84 valence electrons. The van der Waals surface area contributed by atoms with Crippen molar-refractivity contribution < 1.29 is 0 Å². The molecule has 0 aliphatic rings. The molecule has 2 heteroatoms. The summed E-state index contributed by atoms with van der Waals surface area (Å²) in [5, 5.41) is 4.37. The highest BCUT2D eigenvalue weighted by atomic mass is 35.5. The van der Waals surface area contributed by atoms with E-state index in [-0.39, 0.29) is 0 Å². The van der Waals surface area contributed by atoms with E-state index in [2.05, 4.69) is 32.2 Å². The van der Waals surface area contributed by atoms with Gasteiger partial charge >= 0.3 is 0 Å². The fraction of sp³-hybridized carbons (Fsp3) is 0.538. The van der Waals surface area contributed by atoms with Crippen LogP contribution in [-0.2, 0) is 0 Å². The Balaban J connectivity index is 2.81. The van der Waals surface area contributed by atoms with Crippen LogP contribution in [0, 0.1) is 6.92 Å². The maximum atomic E-state index is 5.95. The second-order valence-electron chi connectivity index (χ2n) is 3.92. The maximum absolute atomic E-state index is 5.95. The highest BCUT2D eigenvalue weighted by Crippen LogP contribution is 2.23. The molecule has 1 rings (SSSR count). The van der Waals surface area contributed by atoms with Crippen LogP contribution in [0.1, 0.15) is 43.9 Å². The number of hydrogen-bond donors (Lipinski definition) is 1. The Morgan fingerprint density at radius 2 is 2.07 bits per heavy atom. The average Bonchev–Trinajstić information content (AvgIpc) is 2.21. The zero-order valence-electron chi connectivity index (χ0n) is 9.81. The van der Waals surface area contributed by atoms with Crippen LogP contribution in [-0.4, -0.2) is 6.54 Å². The highest BCUT2D eigenvalue weighted by Gasteiger charge is 2.10. The van der Waals surface area contributed by atoms with Gasteiger partial charge in [-0.3, -0.25) is 0 Å². The molecule has 0 spiro atoms. The van der Waals surface area contributed by atoms with Gasteiger partial charge in [0.25, 0.3) is 0 Å². The lowest BCUT2D eigenvalue weighted by atomic mass is 9.99. The van der Waals surface area contributed by atoms with E-state index >= 15 is 0 Å². The molecule has 0 aliphatic heterocycles. The summed E-state index contributed by atoms with van der Waals surface area (Å²) in [6, 6.07) is 6.60. The first kappa shape index (κ1) is 12.5. The van der Waals surface area contributed by atoms with Crippen LogP contribution in [0.4, 0.5) is 0 Å². The predicted molar refractivity (Wildman–Crippen MR) is 67.5 cm³/mol. The third kappa shape index (κ3) is 3.51. The number of rotatable bonds is 5. The molecule has 0 radical (unpaired) electrons. The van der Waals surface area contributed by atoms with E-state index in [4.69, 9.17) is 11.6 Å². The lowest BCUT2D eigenvalue weighted by Gasteiger charge is -2.19. The number of nitrogens with one attached hydrogen (secondary N) is 1. The maximum Gasteiger partial charge on any atom is 0.0408 e. The van der Waals surface area contributed by atoms with Crippen molar-refractivity contribution in [3.8, 4) is 0 Å². The number of halogens is 1. The molecule has 0 aliphatic carbocycles. The zero-order valence-corrected chi connectivity index (χ0v) is 10.6. The topological polar surface area (TPSA) is 12.0 Å². The Morgan fingerprint density at radius 1 is 1.33 bits per heavy atom. The lowest BCUT2D eigenvalue weighted by molar-refractivity contribution is 0.516. The fourth-order valence-electron chi connectivity index (χ4n) is 1.82. The SMILES string of the molecule is CCCNC(CC)c1ccc(Cl)cc1C. The lowest BCUT2D eigenvalue weighted by Crippen LogP contribution is -2.22. The molecule has 1 nitrogen and oxygen atoms in total. The van der Waals surface area contributed by atoms with Crippen LogP contribution < -0.4 is 5.32 Å². The van der Waals surface area contributed by atoms with Crippen LogP contribution in [0.2, 0.25) is 5.02 Å². The smallest absolute Gasteiger partial charge is 0.0408 e. The third-order valence-electron chi connectivity index (χ3n) is 2.66. The van der Waals surface area contributed by atoms with Gasteiger partial charge in [-0.2, -0.15) is 0 Å². The number of aryl methyl sites for hydroxylation is 1. The van der Waals surface area contributed by atoms with Gasteiger partial charge in [-0.15, -0.1) is 0 Å². The van der Waals surface area contributed by atoms with E-state index in [0.717, 1.165) is 18.0 Å². The second-order valence-corrected chi connectivity index (χ2v) is 4.35. The molecule has 1 unspecified atom stereocenters. The van der Waals surface area contributed by atoms with E-state index in [9.17, 15) is 0 Å². The van der Waals surface area contributed by atoms with Gasteiger partial charge in [-0.1, -0.05) is 31.5 Å².